The van der Waals surface area contributed by atoms with Crippen LogP contribution in [0.1, 0.15) is 10.6 Å². The number of ether oxygens (including phenoxy) is 1. The van der Waals surface area contributed by atoms with Gasteiger partial charge in [0.2, 0.25) is 0 Å². The summed E-state index contributed by atoms with van der Waals surface area (Å²) in [5, 5.41) is 10.3. The van der Waals surface area contributed by atoms with Crippen LogP contribution in [-0.4, -0.2) is 4.98 Å². The molecule has 0 atom stereocenters. The molecule has 26 heavy (non-hydrogen) atoms. The lowest BCUT2D eigenvalue weighted by atomic mass is 10.1. The Balaban J connectivity index is 1.65. The number of thiazole rings is 1. The van der Waals surface area contributed by atoms with Crippen molar-refractivity contribution in [3.8, 4) is 17.6 Å². The number of allylic oxidation sites excluding steroid dienone is 1. The molecule has 1 heterocycles. The molecule has 0 N–H and O–H groups in total. The van der Waals surface area contributed by atoms with Crippen molar-refractivity contribution in [1.82, 2.24) is 4.98 Å². The second kappa shape index (κ2) is 7.22. The van der Waals surface area contributed by atoms with Gasteiger partial charge in [0.05, 0.1) is 15.8 Å². The monoisotopic (exact) mass is 354 g/mol. The van der Waals surface area contributed by atoms with Crippen LogP contribution in [0.25, 0.3) is 21.9 Å². The Morgan fingerprint density at radius 3 is 2.50 bits per heavy atom. The van der Waals surface area contributed by atoms with Crippen molar-refractivity contribution in [2.45, 2.75) is 0 Å². The second-order valence-corrected chi connectivity index (χ2v) is 6.67. The molecule has 0 bridgehead atoms. The second-order valence-electron chi connectivity index (χ2n) is 5.64. The fraction of sp³-hybridized carbons (Fsp3) is 0. The number of fused-ring (bicyclic) bond motifs is 1. The number of hydrogen-bond donors (Lipinski definition) is 0. The summed E-state index contributed by atoms with van der Waals surface area (Å²) in [6, 6.07) is 27.5. The summed E-state index contributed by atoms with van der Waals surface area (Å²) >= 11 is 1.52. The van der Waals surface area contributed by atoms with Crippen LogP contribution in [0, 0.1) is 11.3 Å². The number of aromatic nitrogens is 1. The van der Waals surface area contributed by atoms with E-state index in [0.29, 0.717) is 5.57 Å². The van der Waals surface area contributed by atoms with Gasteiger partial charge in [-0.15, -0.1) is 11.3 Å². The van der Waals surface area contributed by atoms with E-state index in [1.807, 2.05) is 84.9 Å². The van der Waals surface area contributed by atoms with Crippen LogP contribution in [-0.2, 0) is 0 Å². The Labute approximate surface area is 155 Å². The minimum Gasteiger partial charge on any atom is -0.457 e. The average Bonchev–Trinajstić information content (AvgIpc) is 3.11. The zero-order valence-corrected chi connectivity index (χ0v) is 14.6. The van der Waals surface area contributed by atoms with Crippen molar-refractivity contribution in [3.05, 3.63) is 89.4 Å². The minimum atomic E-state index is 0.545. The third kappa shape index (κ3) is 3.49. The maximum Gasteiger partial charge on any atom is 0.135 e. The zero-order valence-electron chi connectivity index (χ0n) is 13.8. The first-order valence-corrected chi connectivity index (χ1v) is 8.94. The molecule has 0 saturated heterocycles. The Morgan fingerprint density at radius 1 is 0.923 bits per heavy atom. The molecule has 0 unspecified atom stereocenters. The van der Waals surface area contributed by atoms with Crippen molar-refractivity contribution >= 4 is 33.2 Å². The molecular weight excluding hydrogens is 340 g/mol. The molecule has 124 valence electrons. The van der Waals surface area contributed by atoms with E-state index in [1.165, 1.54) is 11.3 Å². The Morgan fingerprint density at radius 2 is 1.69 bits per heavy atom. The molecule has 3 aromatic carbocycles. The highest BCUT2D eigenvalue weighted by atomic mass is 32.1. The van der Waals surface area contributed by atoms with Crippen LogP contribution in [0.5, 0.6) is 11.5 Å². The summed E-state index contributed by atoms with van der Waals surface area (Å²) in [4.78, 5) is 4.57. The first kappa shape index (κ1) is 16.1. The molecule has 0 aliphatic rings. The van der Waals surface area contributed by atoms with Crippen LogP contribution < -0.4 is 4.74 Å². The molecule has 0 saturated carbocycles. The highest BCUT2D eigenvalue weighted by molar-refractivity contribution is 7.19. The lowest BCUT2D eigenvalue weighted by Gasteiger charge is -2.06. The van der Waals surface area contributed by atoms with Gasteiger partial charge in [-0.2, -0.15) is 5.26 Å². The summed E-state index contributed by atoms with van der Waals surface area (Å²) in [7, 11) is 0. The van der Waals surface area contributed by atoms with Crippen molar-refractivity contribution in [1.29, 1.82) is 5.26 Å². The van der Waals surface area contributed by atoms with Gasteiger partial charge in [-0.1, -0.05) is 42.5 Å². The maximum absolute atomic E-state index is 9.59. The van der Waals surface area contributed by atoms with Crippen LogP contribution in [0.2, 0.25) is 0 Å². The number of hydrogen-bond acceptors (Lipinski definition) is 4. The molecule has 0 radical (unpaired) electrons. The molecule has 1 aromatic heterocycles. The molecule has 0 spiro atoms. The minimum absolute atomic E-state index is 0.545. The molecule has 0 aliphatic carbocycles. The first-order chi connectivity index (χ1) is 12.8. The molecular formula is C22H14N2OS. The number of para-hydroxylation sites is 2. The van der Waals surface area contributed by atoms with Crippen molar-refractivity contribution in [2.24, 2.45) is 0 Å². The van der Waals surface area contributed by atoms with E-state index in [-0.39, 0.29) is 0 Å². The summed E-state index contributed by atoms with van der Waals surface area (Å²) in [5.74, 6) is 1.51. The molecule has 4 heteroatoms. The largest absolute Gasteiger partial charge is 0.457 e. The average molecular weight is 354 g/mol. The summed E-state index contributed by atoms with van der Waals surface area (Å²) in [6.07, 6.45) is 1.84. The molecule has 4 aromatic rings. The van der Waals surface area contributed by atoms with Gasteiger partial charge in [0.15, 0.2) is 0 Å². The van der Waals surface area contributed by atoms with Gasteiger partial charge in [0.1, 0.15) is 22.6 Å². The highest BCUT2D eigenvalue weighted by Crippen LogP contribution is 2.29. The van der Waals surface area contributed by atoms with Gasteiger partial charge < -0.3 is 4.74 Å². The van der Waals surface area contributed by atoms with Crippen LogP contribution >= 0.6 is 11.3 Å². The van der Waals surface area contributed by atoms with Gasteiger partial charge >= 0.3 is 0 Å². The lowest BCUT2D eigenvalue weighted by Crippen LogP contribution is -1.85. The van der Waals surface area contributed by atoms with Crippen molar-refractivity contribution in [2.75, 3.05) is 0 Å². The summed E-state index contributed by atoms with van der Waals surface area (Å²) < 4.78 is 6.94. The number of rotatable bonds is 4. The van der Waals surface area contributed by atoms with E-state index < -0.39 is 0 Å². The predicted molar refractivity (Wildman–Crippen MR) is 106 cm³/mol. The van der Waals surface area contributed by atoms with E-state index in [0.717, 1.165) is 32.3 Å². The van der Waals surface area contributed by atoms with Gasteiger partial charge in [-0.05, 0) is 48.0 Å². The van der Waals surface area contributed by atoms with E-state index >= 15 is 0 Å². The van der Waals surface area contributed by atoms with Gasteiger partial charge in [-0.25, -0.2) is 4.98 Å². The Bertz CT molecular complexity index is 1090. The quantitative estimate of drug-likeness (QED) is 0.413. The maximum atomic E-state index is 9.59. The van der Waals surface area contributed by atoms with Crippen LogP contribution in [0.4, 0.5) is 0 Å². The molecule has 4 rings (SSSR count). The van der Waals surface area contributed by atoms with Gasteiger partial charge in [-0.3, -0.25) is 0 Å². The summed E-state index contributed by atoms with van der Waals surface area (Å²) in [5.41, 5.74) is 2.35. The lowest BCUT2D eigenvalue weighted by molar-refractivity contribution is 0.482. The number of benzene rings is 3. The molecule has 0 amide bonds. The SMILES string of the molecule is N#C/C(=C\c1cccc(Oc2ccccc2)c1)c1nc2ccccc2s1. The third-order valence-corrected chi connectivity index (χ3v) is 4.86. The molecule has 0 aliphatic heterocycles. The predicted octanol–water partition coefficient (Wildman–Crippen LogP) is 6.15. The van der Waals surface area contributed by atoms with Crippen molar-refractivity contribution < 1.29 is 4.74 Å². The first-order valence-electron chi connectivity index (χ1n) is 8.12. The molecule has 0 fully saturated rings. The van der Waals surface area contributed by atoms with Crippen LogP contribution in [0.3, 0.4) is 0 Å². The number of nitrogens with zero attached hydrogens (tertiary/aromatic N) is 2. The Hall–Kier alpha value is -3.42. The normalized spacial score (nSPS) is 11.3. The smallest absolute Gasteiger partial charge is 0.135 e. The van der Waals surface area contributed by atoms with Crippen molar-refractivity contribution in [3.63, 3.8) is 0 Å². The number of nitriles is 1. The summed E-state index contributed by atoms with van der Waals surface area (Å²) in [6.45, 7) is 0. The third-order valence-electron chi connectivity index (χ3n) is 3.79. The highest BCUT2D eigenvalue weighted by Gasteiger charge is 2.08. The zero-order chi connectivity index (χ0) is 17.8. The fourth-order valence-corrected chi connectivity index (χ4v) is 3.52. The van der Waals surface area contributed by atoms with Crippen LogP contribution in [0.15, 0.2) is 78.9 Å². The van der Waals surface area contributed by atoms with Gasteiger partial charge in [0.25, 0.3) is 0 Å². The fourth-order valence-electron chi connectivity index (χ4n) is 2.59. The van der Waals surface area contributed by atoms with E-state index in [2.05, 4.69) is 11.1 Å². The molecule has 3 nitrogen and oxygen atoms in total. The topological polar surface area (TPSA) is 45.9 Å². The standard InChI is InChI=1S/C22H14N2OS/c23-15-17(22-24-20-11-4-5-12-21(20)26-22)13-16-7-6-10-19(14-16)25-18-8-2-1-3-9-18/h1-14H/b17-13+. The van der Waals surface area contributed by atoms with E-state index in [4.69, 9.17) is 4.74 Å². The Kier molecular flexibility index (Phi) is 4.46. The van der Waals surface area contributed by atoms with Gasteiger partial charge in [0, 0.05) is 0 Å². The van der Waals surface area contributed by atoms with E-state index in [1.54, 1.807) is 0 Å². The van der Waals surface area contributed by atoms with E-state index in [9.17, 15) is 5.26 Å².